The Bertz CT molecular complexity index is 982. The van der Waals surface area contributed by atoms with Gasteiger partial charge in [-0.3, -0.25) is 4.79 Å². The van der Waals surface area contributed by atoms with Gasteiger partial charge < -0.3 is 20.4 Å². The van der Waals surface area contributed by atoms with Crippen LogP contribution in [0.3, 0.4) is 0 Å². The zero-order valence-corrected chi connectivity index (χ0v) is 18.5. The molecule has 0 saturated heterocycles. The molecule has 1 heterocycles. The average molecular weight is 505 g/mol. The molecule has 3 N–H and O–H groups in total. The number of aromatic amines is 1. The molecule has 7 heteroatoms. The van der Waals surface area contributed by atoms with E-state index in [0.29, 0.717) is 18.7 Å². The number of H-pyrrole nitrogens is 1. The van der Waals surface area contributed by atoms with E-state index >= 15 is 0 Å². The summed E-state index contributed by atoms with van der Waals surface area (Å²) in [6.07, 6.45) is 1.62. The van der Waals surface area contributed by atoms with Crippen LogP contribution in [0.5, 0.6) is 0 Å². The van der Waals surface area contributed by atoms with Crippen molar-refractivity contribution in [2.75, 3.05) is 11.9 Å². The summed E-state index contributed by atoms with van der Waals surface area (Å²) in [6.45, 7) is 4.21. The van der Waals surface area contributed by atoms with Gasteiger partial charge in [-0.1, -0.05) is 32.0 Å². The average Bonchev–Trinajstić information content (AvgIpc) is 3.10. The van der Waals surface area contributed by atoms with E-state index in [4.69, 9.17) is 4.74 Å². The minimum absolute atomic E-state index is 0.216. The fourth-order valence-corrected chi connectivity index (χ4v) is 3.28. The van der Waals surface area contributed by atoms with Gasteiger partial charge in [-0.25, -0.2) is 4.79 Å². The quantitative estimate of drug-likeness (QED) is 0.407. The first kappa shape index (κ1) is 21.2. The number of fused-ring (bicyclic) bond motifs is 1. The number of anilines is 1. The number of benzene rings is 2. The summed E-state index contributed by atoms with van der Waals surface area (Å²) in [4.78, 5) is 28.4. The van der Waals surface area contributed by atoms with Crippen LogP contribution in [-0.4, -0.2) is 29.6 Å². The molecule has 0 unspecified atom stereocenters. The minimum Gasteiger partial charge on any atom is -0.449 e. The van der Waals surface area contributed by atoms with Crippen molar-refractivity contribution in [3.8, 4) is 0 Å². The van der Waals surface area contributed by atoms with Gasteiger partial charge in [0.1, 0.15) is 6.04 Å². The molecule has 2 aromatic carbocycles. The molecule has 6 nitrogen and oxygen atoms in total. The number of nitrogens with one attached hydrogen (secondary N) is 3. The van der Waals surface area contributed by atoms with Crippen LogP contribution in [0.15, 0.2) is 54.7 Å². The molecule has 0 fully saturated rings. The lowest BCUT2D eigenvalue weighted by Crippen LogP contribution is -2.45. The van der Waals surface area contributed by atoms with Crippen LogP contribution in [0.1, 0.15) is 19.4 Å². The molecule has 152 valence electrons. The highest BCUT2D eigenvalue weighted by Crippen LogP contribution is 2.20. The lowest BCUT2D eigenvalue weighted by Gasteiger charge is -2.19. The maximum absolute atomic E-state index is 12.9. The Morgan fingerprint density at radius 1 is 1.10 bits per heavy atom. The first-order valence-electron chi connectivity index (χ1n) is 9.47. The van der Waals surface area contributed by atoms with Crippen LogP contribution in [-0.2, 0) is 16.0 Å². The van der Waals surface area contributed by atoms with Crippen molar-refractivity contribution in [2.24, 2.45) is 5.92 Å². The van der Waals surface area contributed by atoms with Crippen molar-refractivity contribution in [2.45, 2.75) is 26.3 Å². The molecule has 0 saturated carbocycles. The molecular formula is C22H24IN3O3. The molecular weight excluding hydrogens is 481 g/mol. The number of para-hydroxylation sites is 1. The summed E-state index contributed by atoms with van der Waals surface area (Å²) in [6, 6.07) is 14.6. The first-order valence-corrected chi connectivity index (χ1v) is 10.5. The van der Waals surface area contributed by atoms with Gasteiger partial charge in [-0.2, -0.15) is 0 Å². The monoisotopic (exact) mass is 505 g/mol. The number of ether oxygens (including phenoxy) is 1. The SMILES string of the molecule is CC(C)COC(=O)N[C@H](Cc1c[nH]c2ccccc12)C(=O)Nc1ccc(I)cc1. The lowest BCUT2D eigenvalue weighted by molar-refractivity contribution is -0.118. The Balaban J connectivity index is 1.77. The van der Waals surface area contributed by atoms with E-state index in [1.807, 2.05) is 68.6 Å². The third-order valence-electron chi connectivity index (χ3n) is 4.37. The minimum atomic E-state index is -0.770. The van der Waals surface area contributed by atoms with Crippen LogP contribution in [0.4, 0.5) is 10.5 Å². The molecule has 0 bridgehead atoms. The maximum atomic E-state index is 12.9. The van der Waals surface area contributed by atoms with E-state index in [2.05, 4.69) is 38.2 Å². The van der Waals surface area contributed by atoms with Gasteiger partial charge in [0.15, 0.2) is 0 Å². The standard InChI is InChI=1S/C22H24IN3O3/c1-14(2)13-29-22(28)26-20(21(27)25-17-9-7-16(23)8-10-17)11-15-12-24-19-6-4-3-5-18(15)19/h3-10,12,14,20,24H,11,13H2,1-2H3,(H,25,27)(H,26,28)/t20-/m1/s1. The summed E-state index contributed by atoms with van der Waals surface area (Å²) < 4.78 is 6.29. The zero-order chi connectivity index (χ0) is 20.8. The lowest BCUT2D eigenvalue weighted by atomic mass is 10.0. The smallest absolute Gasteiger partial charge is 0.407 e. The fraction of sp³-hybridized carbons (Fsp3) is 0.273. The number of carbonyl (C=O) groups is 2. The highest BCUT2D eigenvalue weighted by molar-refractivity contribution is 14.1. The van der Waals surface area contributed by atoms with Crippen molar-refractivity contribution in [1.82, 2.24) is 10.3 Å². The Morgan fingerprint density at radius 2 is 1.83 bits per heavy atom. The molecule has 1 atom stereocenters. The number of hydrogen-bond donors (Lipinski definition) is 3. The molecule has 0 aliphatic carbocycles. The molecule has 1 aromatic heterocycles. The van der Waals surface area contributed by atoms with Gasteiger partial charge in [-0.15, -0.1) is 0 Å². The molecule has 0 aliphatic rings. The summed E-state index contributed by atoms with van der Waals surface area (Å²) in [5.74, 6) is -0.0774. The number of halogens is 1. The van der Waals surface area contributed by atoms with Crippen molar-refractivity contribution in [3.63, 3.8) is 0 Å². The third-order valence-corrected chi connectivity index (χ3v) is 5.09. The van der Waals surface area contributed by atoms with E-state index < -0.39 is 12.1 Å². The molecule has 3 rings (SSSR count). The summed E-state index contributed by atoms with van der Waals surface area (Å²) >= 11 is 2.21. The Kier molecular flexibility index (Phi) is 7.13. The number of aromatic nitrogens is 1. The van der Waals surface area contributed by atoms with Crippen LogP contribution in [0, 0.1) is 9.49 Å². The van der Waals surface area contributed by atoms with E-state index in [9.17, 15) is 9.59 Å². The van der Waals surface area contributed by atoms with Gasteiger partial charge >= 0.3 is 6.09 Å². The van der Waals surface area contributed by atoms with Crippen LogP contribution in [0.25, 0.3) is 10.9 Å². The summed E-state index contributed by atoms with van der Waals surface area (Å²) in [7, 11) is 0. The first-order chi connectivity index (χ1) is 13.9. The van der Waals surface area contributed by atoms with Gasteiger partial charge in [0, 0.05) is 32.8 Å². The Hall–Kier alpha value is -2.55. The number of hydrogen-bond acceptors (Lipinski definition) is 3. The van der Waals surface area contributed by atoms with Crippen molar-refractivity contribution in [1.29, 1.82) is 0 Å². The third kappa shape index (κ3) is 5.96. The maximum Gasteiger partial charge on any atom is 0.407 e. The highest BCUT2D eigenvalue weighted by Gasteiger charge is 2.23. The van der Waals surface area contributed by atoms with Crippen LogP contribution in [0.2, 0.25) is 0 Å². The van der Waals surface area contributed by atoms with Gasteiger partial charge in [-0.05, 0) is 64.4 Å². The van der Waals surface area contributed by atoms with Gasteiger partial charge in [0.25, 0.3) is 0 Å². The fourth-order valence-electron chi connectivity index (χ4n) is 2.92. The molecule has 0 spiro atoms. The number of amides is 2. The summed E-state index contributed by atoms with van der Waals surface area (Å²) in [5, 5.41) is 6.62. The molecule has 29 heavy (non-hydrogen) atoms. The van der Waals surface area contributed by atoms with E-state index in [-0.39, 0.29) is 11.8 Å². The van der Waals surface area contributed by atoms with Crippen LogP contribution < -0.4 is 10.6 Å². The normalized spacial score (nSPS) is 12.0. The predicted molar refractivity (Wildman–Crippen MR) is 123 cm³/mol. The second-order valence-corrected chi connectivity index (χ2v) is 8.49. The topological polar surface area (TPSA) is 83.2 Å². The van der Waals surface area contributed by atoms with E-state index in [1.165, 1.54) is 0 Å². The van der Waals surface area contributed by atoms with E-state index in [1.54, 1.807) is 0 Å². The van der Waals surface area contributed by atoms with Crippen molar-refractivity contribution in [3.05, 3.63) is 63.9 Å². The largest absolute Gasteiger partial charge is 0.449 e. The second kappa shape index (κ2) is 9.78. The molecule has 0 radical (unpaired) electrons. The van der Waals surface area contributed by atoms with Gasteiger partial charge in [0.2, 0.25) is 5.91 Å². The Morgan fingerprint density at radius 3 is 2.55 bits per heavy atom. The number of carbonyl (C=O) groups excluding carboxylic acids is 2. The highest BCUT2D eigenvalue weighted by atomic mass is 127. The molecule has 2 amide bonds. The van der Waals surface area contributed by atoms with Gasteiger partial charge in [0.05, 0.1) is 6.61 Å². The number of rotatable bonds is 7. The number of alkyl carbamates (subject to hydrolysis) is 1. The predicted octanol–water partition coefficient (Wildman–Crippen LogP) is 4.70. The molecule has 0 aliphatic heterocycles. The van der Waals surface area contributed by atoms with Crippen molar-refractivity contribution >= 4 is 51.2 Å². The van der Waals surface area contributed by atoms with Crippen LogP contribution >= 0.6 is 22.6 Å². The zero-order valence-electron chi connectivity index (χ0n) is 16.4. The Labute approximate surface area is 183 Å². The summed E-state index contributed by atoms with van der Waals surface area (Å²) in [5.41, 5.74) is 2.62. The molecule has 3 aromatic rings. The van der Waals surface area contributed by atoms with E-state index in [0.717, 1.165) is 20.0 Å². The second-order valence-electron chi connectivity index (χ2n) is 7.25. The van der Waals surface area contributed by atoms with Crippen molar-refractivity contribution < 1.29 is 14.3 Å².